The molecule has 0 saturated heterocycles. The van der Waals surface area contributed by atoms with Crippen LogP contribution < -0.4 is 0 Å². The lowest BCUT2D eigenvalue weighted by Crippen LogP contribution is -2.07. The molecule has 0 bridgehead atoms. The molecule has 1 N–H and O–H groups in total. The number of nitro benzene ring substituents is 2. The molecule has 2 aromatic carbocycles. The highest BCUT2D eigenvalue weighted by molar-refractivity contribution is 6.15. The molecule has 0 radical (unpaired) electrons. The number of rotatable bonds is 4. The second kappa shape index (κ2) is 5.78. The Kier molecular flexibility index (Phi) is 3.89. The predicted octanol–water partition coefficient (Wildman–Crippen LogP) is 2.73. The van der Waals surface area contributed by atoms with Crippen molar-refractivity contribution in [2.75, 3.05) is 0 Å². The Balaban J connectivity index is 2.62. The van der Waals surface area contributed by atoms with Gasteiger partial charge in [0.05, 0.1) is 21.5 Å². The fourth-order valence-corrected chi connectivity index (χ4v) is 1.85. The normalized spacial score (nSPS) is 11.1. The summed E-state index contributed by atoms with van der Waals surface area (Å²) in [4.78, 5) is 20.3. The molecule has 8 nitrogen and oxygen atoms in total. The van der Waals surface area contributed by atoms with Gasteiger partial charge in [0.2, 0.25) is 0 Å². The molecule has 0 atom stereocenters. The molecular formula is C13H9N3O5. The fraction of sp³-hybridized carbons (Fsp3) is 0. The molecule has 0 aliphatic heterocycles. The Morgan fingerprint density at radius 3 is 2.19 bits per heavy atom. The largest absolute Gasteiger partial charge is 0.410 e. The molecule has 8 heteroatoms. The number of oxime groups is 1. The predicted molar refractivity (Wildman–Crippen MR) is 73.6 cm³/mol. The summed E-state index contributed by atoms with van der Waals surface area (Å²) >= 11 is 0. The zero-order valence-electron chi connectivity index (χ0n) is 10.5. The van der Waals surface area contributed by atoms with E-state index >= 15 is 0 Å². The number of hydrogen-bond donors (Lipinski definition) is 1. The van der Waals surface area contributed by atoms with Crippen LogP contribution in [0.2, 0.25) is 0 Å². The van der Waals surface area contributed by atoms with E-state index < -0.39 is 21.2 Å². The Labute approximate surface area is 118 Å². The Morgan fingerprint density at radius 2 is 1.67 bits per heavy atom. The Hall–Kier alpha value is -3.29. The molecule has 0 amide bonds. The number of nitrogens with zero attached hydrogens (tertiary/aromatic N) is 3. The number of hydrogen-bond acceptors (Lipinski definition) is 6. The highest BCUT2D eigenvalue weighted by atomic mass is 16.6. The van der Waals surface area contributed by atoms with Crippen molar-refractivity contribution < 1.29 is 15.1 Å². The summed E-state index contributed by atoms with van der Waals surface area (Å²) in [6.07, 6.45) is 0. The molecule has 2 rings (SSSR count). The zero-order valence-corrected chi connectivity index (χ0v) is 10.5. The van der Waals surface area contributed by atoms with E-state index in [4.69, 9.17) is 5.21 Å². The molecule has 0 aliphatic rings. The van der Waals surface area contributed by atoms with Crippen molar-refractivity contribution in [2.24, 2.45) is 5.16 Å². The summed E-state index contributed by atoms with van der Waals surface area (Å²) in [7, 11) is 0. The van der Waals surface area contributed by atoms with E-state index in [0.717, 1.165) is 12.1 Å². The van der Waals surface area contributed by atoms with Gasteiger partial charge in [0.25, 0.3) is 11.4 Å². The average molecular weight is 287 g/mol. The fourth-order valence-electron chi connectivity index (χ4n) is 1.85. The molecule has 0 aromatic heterocycles. The van der Waals surface area contributed by atoms with Gasteiger partial charge < -0.3 is 5.21 Å². The topological polar surface area (TPSA) is 119 Å². The third kappa shape index (κ3) is 2.84. The number of benzene rings is 2. The van der Waals surface area contributed by atoms with Crippen molar-refractivity contribution in [3.8, 4) is 0 Å². The van der Waals surface area contributed by atoms with Crippen LogP contribution in [-0.4, -0.2) is 20.8 Å². The van der Waals surface area contributed by atoms with Crippen LogP contribution in [0.1, 0.15) is 11.1 Å². The van der Waals surface area contributed by atoms with E-state index in [-0.39, 0.29) is 11.3 Å². The maximum atomic E-state index is 11.1. The van der Waals surface area contributed by atoms with E-state index in [0.29, 0.717) is 5.56 Å². The molecule has 21 heavy (non-hydrogen) atoms. The van der Waals surface area contributed by atoms with Gasteiger partial charge in [-0.05, 0) is 6.07 Å². The van der Waals surface area contributed by atoms with Crippen molar-refractivity contribution in [1.29, 1.82) is 0 Å². The molecule has 0 spiro atoms. The minimum absolute atomic E-state index is 0.000648. The van der Waals surface area contributed by atoms with Crippen LogP contribution in [0.5, 0.6) is 0 Å². The Morgan fingerprint density at radius 1 is 1.00 bits per heavy atom. The van der Waals surface area contributed by atoms with Crippen LogP contribution in [0.15, 0.2) is 53.7 Å². The molecule has 0 saturated carbocycles. The van der Waals surface area contributed by atoms with Gasteiger partial charge in [-0.25, -0.2) is 0 Å². The van der Waals surface area contributed by atoms with Gasteiger partial charge >= 0.3 is 0 Å². The molecular weight excluding hydrogens is 278 g/mol. The average Bonchev–Trinajstić information content (AvgIpc) is 2.49. The van der Waals surface area contributed by atoms with Crippen molar-refractivity contribution >= 4 is 17.1 Å². The van der Waals surface area contributed by atoms with E-state index in [1.165, 1.54) is 6.07 Å². The first-order valence-electron chi connectivity index (χ1n) is 5.75. The number of nitro groups is 2. The second-order valence-corrected chi connectivity index (χ2v) is 4.03. The molecule has 0 unspecified atom stereocenters. The van der Waals surface area contributed by atoms with Gasteiger partial charge in [0, 0.05) is 11.6 Å². The quantitative estimate of drug-likeness (QED) is 0.401. The molecule has 0 heterocycles. The first-order chi connectivity index (χ1) is 10.0. The zero-order chi connectivity index (χ0) is 15.4. The summed E-state index contributed by atoms with van der Waals surface area (Å²) < 4.78 is 0. The lowest BCUT2D eigenvalue weighted by molar-refractivity contribution is -0.394. The van der Waals surface area contributed by atoms with Gasteiger partial charge in [-0.3, -0.25) is 20.2 Å². The van der Waals surface area contributed by atoms with Crippen LogP contribution in [0, 0.1) is 20.2 Å². The van der Waals surface area contributed by atoms with Gasteiger partial charge in [0.1, 0.15) is 5.71 Å². The van der Waals surface area contributed by atoms with Crippen molar-refractivity contribution in [2.45, 2.75) is 0 Å². The van der Waals surface area contributed by atoms with E-state index in [1.807, 2.05) is 0 Å². The van der Waals surface area contributed by atoms with Crippen LogP contribution in [0.4, 0.5) is 11.4 Å². The third-order valence-electron chi connectivity index (χ3n) is 2.79. The minimum atomic E-state index is -0.754. The first kappa shape index (κ1) is 14.1. The highest BCUT2D eigenvalue weighted by Gasteiger charge is 2.23. The van der Waals surface area contributed by atoms with Crippen LogP contribution in [-0.2, 0) is 0 Å². The van der Waals surface area contributed by atoms with Gasteiger partial charge in [-0.15, -0.1) is 0 Å². The second-order valence-electron chi connectivity index (χ2n) is 4.03. The third-order valence-corrected chi connectivity index (χ3v) is 2.79. The first-order valence-corrected chi connectivity index (χ1v) is 5.75. The lowest BCUT2D eigenvalue weighted by Gasteiger charge is -2.05. The lowest BCUT2D eigenvalue weighted by atomic mass is 10.0. The van der Waals surface area contributed by atoms with Crippen LogP contribution in [0.3, 0.4) is 0 Å². The van der Waals surface area contributed by atoms with Crippen LogP contribution in [0.25, 0.3) is 0 Å². The molecule has 2 aromatic rings. The summed E-state index contributed by atoms with van der Waals surface area (Å²) in [5.74, 6) is 0. The van der Waals surface area contributed by atoms with Crippen molar-refractivity contribution in [3.63, 3.8) is 0 Å². The number of non-ortho nitro benzene ring substituents is 1. The highest BCUT2D eigenvalue weighted by Crippen LogP contribution is 2.27. The summed E-state index contributed by atoms with van der Waals surface area (Å²) in [5, 5.41) is 34.0. The van der Waals surface area contributed by atoms with Gasteiger partial charge in [-0.2, -0.15) is 0 Å². The smallest absolute Gasteiger partial charge is 0.285 e. The summed E-state index contributed by atoms with van der Waals surface area (Å²) in [6.45, 7) is 0. The maximum Gasteiger partial charge on any atom is 0.285 e. The molecule has 106 valence electrons. The van der Waals surface area contributed by atoms with E-state index in [9.17, 15) is 20.2 Å². The monoisotopic (exact) mass is 287 g/mol. The van der Waals surface area contributed by atoms with E-state index in [2.05, 4.69) is 5.16 Å². The maximum absolute atomic E-state index is 11.1. The molecule has 0 fully saturated rings. The van der Waals surface area contributed by atoms with E-state index in [1.54, 1.807) is 30.3 Å². The summed E-state index contributed by atoms with van der Waals surface area (Å²) in [5.41, 5.74) is -0.481. The Bertz CT molecular complexity index is 728. The molecule has 0 aliphatic carbocycles. The van der Waals surface area contributed by atoms with Gasteiger partial charge in [-0.1, -0.05) is 35.5 Å². The SMILES string of the molecule is O=[N+]([O-])c1ccc(/C(=N/O)c2ccccc2)c([N+](=O)[O-])c1. The standard InChI is InChI=1S/C13H9N3O5/c17-14-13(9-4-2-1-3-5-9)11-7-6-10(15(18)19)8-12(11)16(20)21/h1-8,17H/b14-13+. The van der Waals surface area contributed by atoms with Crippen LogP contribution >= 0.6 is 0 Å². The van der Waals surface area contributed by atoms with Crippen molar-refractivity contribution in [1.82, 2.24) is 0 Å². The van der Waals surface area contributed by atoms with Gasteiger partial charge in [0.15, 0.2) is 0 Å². The minimum Gasteiger partial charge on any atom is -0.410 e. The summed E-state index contributed by atoms with van der Waals surface area (Å²) in [6, 6.07) is 11.5. The van der Waals surface area contributed by atoms with Crippen molar-refractivity contribution in [3.05, 3.63) is 79.9 Å².